The third kappa shape index (κ3) is 3.30. The van der Waals surface area contributed by atoms with Crippen LogP contribution in [0, 0.1) is 0 Å². The number of aliphatic hydroxyl groups is 1. The monoisotopic (exact) mass is 186 g/mol. The SMILES string of the molecule is CN(CO)CC(=O)N1CC[N]CC1. The van der Waals surface area contributed by atoms with Crippen LogP contribution in [-0.4, -0.2) is 67.3 Å². The first kappa shape index (κ1) is 10.4. The molecule has 1 rings (SSSR count). The second-order valence-corrected chi connectivity index (χ2v) is 3.21. The number of hydrogen-bond donors (Lipinski definition) is 1. The van der Waals surface area contributed by atoms with Gasteiger partial charge in [0.15, 0.2) is 0 Å². The van der Waals surface area contributed by atoms with E-state index < -0.39 is 0 Å². The molecule has 1 aliphatic rings. The Balaban J connectivity index is 2.29. The molecule has 1 aliphatic heterocycles. The number of hydrogen-bond acceptors (Lipinski definition) is 3. The Hall–Kier alpha value is -0.650. The lowest BCUT2D eigenvalue weighted by atomic mass is 10.3. The van der Waals surface area contributed by atoms with Gasteiger partial charge in [0.25, 0.3) is 0 Å². The van der Waals surface area contributed by atoms with Crippen molar-refractivity contribution in [3.8, 4) is 0 Å². The van der Waals surface area contributed by atoms with Gasteiger partial charge in [0.1, 0.15) is 0 Å². The van der Waals surface area contributed by atoms with Crippen LogP contribution in [0.2, 0.25) is 0 Å². The molecule has 1 saturated heterocycles. The number of amides is 1. The van der Waals surface area contributed by atoms with E-state index in [0.717, 1.165) is 26.2 Å². The fourth-order valence-corrected chi connectivity index (χ4v) is 1.24. The Morgan fingerprint density at radius 2 is 2.15 bits per heavy atom. The lowest BCUT2D eigenvalue weighted by Gasteiger charge is -2.27. The Kier molecular flexibility index (Phi) is 4.14. The van der Waals surface area contributed by atoms with Crippen LogP contribution in [-0.2, 0) is 4.79 Å². The van der Waals surface area contributed by atoms with Gasteiger partial charge in [-0.15, -0.1) is 0 Å². The fraction of sp³-hybridized carbons (Fsp3) is 0.875. The molecule has 1 radical (unpaired) electrons. The summed E-state index contributed by atoms with van der Waals surface area (Å²) in [6, 6.07) is 0. The van der Waals surface area contributed by atoms with Gasteiger partial charge in [0.05, 0.1) is 13.3 Å². The van der Waals surface area contributed by atoms with Crippen LogP contribution < -0.4 is 5.32 Å². The van der Waals surface area contributed by atoms with Crippen molar-refractivity contribution < 1.29 is 9.90 Å². The molecule has 5 heteroatoms. The zero-order valence-corrected chi connectivity index (χ0v) is 7.94. The molecule has 0 saturated carbocycles. The first-order valence-corrected chi connectivity index (χ1v) is 4.44. The predicted octanol–water partition coefficient (Wildman–Crippen LogP) is -1.69. The van der Waals surface area contributed by atoms with Gasteiger partial charge in [-0.05, 0) is 7.05 Å². The zero-order valence-electron chi connectivity index (χ0n) is 7.94. The van der Waals surface area contributed by atoms with E-state index in [9.17, 15) is 4.79 Å². The average molecular weight is 186 g/mol. The van der Waals surface area contributed by atoms with Gasteiger partial charge >= 0.3 is 0 Å². The van der Waals surface area contributed by atoms with E-state index in [-0.39, 0.29) is 19.2 Å². The molecule has 1 heterocycles. The van der Waals surface area contributed by atoms with Crippen molar-refractivity contribution in [2.75, 3.05) is 46.5 Å². The van der Waals surface area contributed by atoms with Crippen molar-refractivity contribution in [2.24, 2.45) is 0 Å². The summed E-state index contributed by atoms with van der Waals surface area (Å²) in [7, 11) is 1.71. The molecule has 0 aromatic heterocycles. The molecule has 13 heavy (non-hydrogen) atoms. The third-order valence-electron chi connectivity index (χ3n) is 2.06. The van der Waals surface area contributed by atoms with Crippen molar-refractivity contribution in [3.05, 3.63) is 0 Å². The molecule has 5 nitrogen and oxygen atoms in total. The van der Waals surface area contributed by atoms with Gasteiger partial charge in [-0.25, -0.2) is 5.32 Å². The van der Waals surface area contributed by atoms with E-state index in [1.807, 2.05) is 0 Å². The summed E-state index contributed by atoms with van der Waals surface area (Å²) >= 11 is 0. The first-order chi connectivity index (χ1) is 6.24. The highest BCUT2D eigenvalue weighted by Gasteiger charge is 2.17. The molecule has 0 unspecified atom stereocenters. The van der Waals surface area contributed by atoms with E-state index >= 15 is 0 Å². The summed E-state index contributed by atoms with van der Waals surface area (Å²) in [5, 5.41) is 12.9. The Morgan fingerprint density at radius 1 is 1.54 bits per heavy atom. The smallest absolute Gasteiger partial charge is 0.236 e. The van der Waals surface area contributed by atoms with Crippen molar-refractivity contribution in [3.63, 3.8) is 0 Å². The number of piperazine rings is 1. The lowest BCUT2D eigenvalue weighted by Crippen LogP contribution is -2.47. The highest BCUT2D eigenvalue weighted by atomic mass is 16.3. The van der Waals surface area contributed by atoms with Gasteiger partial charge < -0.3 is 10.0 Å². The van der Waals surface area contributed by atoms with Crippen LogP contribution in [0.3, 0.4) is 0 Å². The van der Waals surface area contributed by atoms with Crippen molar-refractivity contribution in [1.29, 1.82) is 0 Å². The maximum Gasteiger partial charge on any atom is 0.236 e. The second kappa shape index (κ2) is 5.16. The topological polar surface area (TPSA) is 57.9 Å². The maximum absolute atomic E-state index is 11.5. The third-order valence-corrected chi connectivity index (χ3v) is 2.06. The molecule has 0 spiro atoms. The van der Waals surface area contributed by atoms with E-state index in [2.05, 4.69) is 5.32 Å². The largest absolute Gasteiger partial charge is 0.381 e. The van der Waals surface area contributed by atoms with Crippen molar-refractivity contribution in [2.45, 2.75) is 0 Å². The van der Waals surface area contributed by atoms with Gasteiger partial charge in [-0.1, -0.05) is 0 Å². The maximum atomic E-state index is 11.5. The van der Waals surface area contributed by atoms with E-state index in [4.69, 9.17) is 5.11 Å². The molecule has 0 atom stereocenters. The van der Waals surface area contributed by atoms with E-state index in [1.165, 1.54) is 0 Å². The minimum absolute atomic E-state index is 0.0754. The van der Waals surface area contributed by atoms with Gasteiger partial charge in [-0.2, -0.15) is 0 Å². The summed E-state index contributed by atoms with van der Waals surface area (Å²) in [5.41, 5.74) is 0. The molecule has 0 aromatic rings. The molecule has 1 N–H and O–H groups in total. The number of nitrogens with zero attached hydrogens (tertiary/aromatic N) is 3. The first-order valence-electron chi connectivity index (χ1n) is 4.44. The summed E-state index contributed by atoms with van der Waals surface area (Å²) in [6.07, 6.45) is 0. The van der Waals surface area contributed by atoms with Crippen LogP contribution in [0.4, 0.5) is 0 Å². The number of aliphatic hydroxyl groups excluding tert-OH is 1. The minimum atomic E-state index is -0.0794. The van der Waals surface area contributed by atoms with Crippen molar-refractivity contribution in [1.82, 2.24) is 15.1 Å². The number of carbonyl (C=O) groups is 1. The lowest BCUT2D eigenvalue weighted by molar-refractivity contribution is -0.133. The summed E-state index contributed by atoms with van der Waals surface area (Å²) in [6.45, 7) is 3.14. The van der Waals surface area contributed by atoms with Crippen LogP contribution >= 0.6 is 0 Å². The van der Waals surface area contributed by atoms with Gasteiger partial charge in [-0.3, -0.25) is 9.69 Å². The Bertz CT molecular complexity index is 169. The molecule has 0 aliphatic carbocycles. The molecule has 1 fully saturated rings. The molecular weight excluding hydrogens is 170 g/mol. The van der Waals surface area contributed by atoms with E-state index in [1.54, 1.807) is 16.8 Å². The average Bonchev–Trinajstić information content (AvgIpc) is 2.19. The predicted molar refractivity (Wildman–Crippen MR) is 48.2 cm³/mol. The highest BCUT2D eigenvalue weighted by Crippen LogP contribution is 1.95. The molecule has 1 amide bonds. The standard InChI is InChI=1S/C8H16N3O2/c1-10(7-12)6-8(13)11-4-2-9-3-5-11/h12H,2-7H2,1H3. The molecular formula is C8H16N3O2. The number of likely N-dealkylation sites (N-methyl/N-ethyl adjacent to an activating group) is 1. The van der Waals surface area contributed by atoms with Gasteiger partial charge in [0.2, 0.25) is 5.91 Å². The highest BCUT2D eigenvalue weighted by molar-refractivity contribution is 5.78. The second-order valence-electron chi connectivity index (χ2n) is 3.21. The van der Waals surface area contributed by atoms with Crippen LogP contribution in [0.25, 0.3) is 0 Å². The zero-order chi connectivity index (χ0) is 9.68. The fourth-order valence-electron chi connectivity index (χ4n) is 1.24. The summed E-state index contributed by atoms with van der Waals surface area (Å²) in [4.78, 5) is 14.9. The van der Waals surface area contributed by atoms with Crippen LogP contribution in [0.5, 0.6) is 0 Å². The summed E-state index contributed by atoms with van der Waals surface area (Å²) < 4.78 is 0. The minimum Gasteiger partial charge on any atom is -0.381 e. The Labute approximate surface area is 78.3 Å². The number of carbonyl (C=O) groups excluding carboxylic acids is 1. The quantitative estimate of drug-likeness (QED) is 0.535. The van der Waals surface area contributed by atoms with Crippen molar-refractivity contribution >= 4 is 5.91 Å². The van der Waals surface area contributed by atoms with Gasteiger partial charge in [0, 0.05) is 26.2 Å². The normalized spacial score (nSPS) is 17.9. The molecule has 75 valence electrons. The summed E-state index contributed by atoms with van der Waals surface area (Å²) in [5.74, 6) is 0.0754. The molecule has 0 bridgehead atoms. The Morgan fingerprint density at radius 3 is 2.69 bits per heavy atom. The van der Waals surface area contributed by atoms with E-state index in [0.29, 0.717) is 0 Å². The molecule has 0 aromatic carbocycles. The van der Waals surface area contributed by atoms with Crippen LogP contribution in [0.15, 0.2) is 0 Å². The number of rotatable bonds is 3. The van der Waals surface area contributed by atoms with Crippen LogP contribution in [0.1, 0.15) is 0 Å².